The number of furan rings is 1. The molecule has 0 spiro atoms. The standard InChI is InChI=1S/C45H30N4O/c1-3-11-30(12-4-1)43-46-44(31-13-5-2-6-14-31)48-45(47-43)32-21-19-29(20-22-32)33-23-25-37-38-28-34(24-26-41(38)50-42(37)27-33)49-39-17-9-7-15-35(39)36-16-8-10-18-40(36)49/h1-28,43H,(H,46,47,48). The number of amidine groups is 2. The van der Waals surface area contributed by atoms with Crippen LogP contribution in [0.25, 0.3) is 60.6 Å². The van der Waals surface area contributed by atoms with Gasteiger partial charge >= 0.3 is 0 Å². The van der Waals surface area contributed by atoms with E-state index >= 15 is 0 Å². The van der Waals surface area contributed by atoms with Crippen LogP contribution in [0.1, 0.15) is 22.9 Å². The summed E-state index contributed by atoms with van der Waals surface area (Å²) in [5.41, 5.74) is 10.5. The predicted molar refractivity (Wildman–Crippen MR) is 205 cm³/mol. The maximum atomic E-state index is 6.44. The molecule has 5 heteroatoms. The smallest absolute Gasteiger partial charge is 0.159 e. The summed E-state index contributed by atoms with van der Waals surface area (Å²) in [5, 5.41) is 8.27. The Hall–Kier alpha value is -6.72. The van der Waals surface area contributed by atoms with Crippen LogP contribution in [-0.2, 0) is 0 Å². The van der Waals surface area contributed by atoms with Crippen molar-refractivity contribution in [3.63, 3.8) is 0 Å². The molecule has 2 aromatic heterocycles. The van der Waals surface area contributed by atoms with Crippen molar-refractivity contribution in [1.29, 1.82) is 0 Å². The van der Waals surface area contributed by atoms with E-state index in [2.05, 4.69) is 143 Å². The first kappa shape index (κ1) is 28.3. The number of benzene rings is 7. The van der Waals surface area contributed by atoms with Crippen LogP contribution in [-0.4, -0.2) is 16.2 Å². The fraction of sp³-hybridized carbons (Fsp3) is 0.0222. The molecule has 7 aromatic carbocycles. The maximum absolute atomic E-state index is 6.44. The van der Waals surface area contributed by atoms with Gasteiger partial charge in [-0.1, -0.05) is 127 Å². The summed E-state index contributed by atoms with van der Waals surface area (Å²) < 4.78 is 8.79. The summed E-state index contributed by atoms with van der Waals surface area (Å²) in [5.74, 6) is 1.51. The monoisotopic (exact) mass is 642 g/mol. The van der Waals surface area contributed by atoms with Gasteiger partial charge in [0.1, 0.15) is 23.2 Å². The van der Waals surface area contributed by atoms with Crippen molar-refractivity contribution in [3.05, 3.63) is 187 Å². The lowest BCUT2D eigenvalue weighted by atomic mass is 10.0. The third-order valence-corrected chi connectivity index (χ3v) is 9.67. The van der Waals surface area contributed by atoms with Crippen molar-refractivity contribution in [3.8, 4) is 16.8 Å². The zero-order valence-electron chi connectivity index (χ0n) is 27.0. The average molecular weight is 643 g/mol. The second-order valence-electron chi connectivity index (χ2n) is 12.7. The zero-order chi connectivity index (χ0) is 33.0. The number of para-hydroxylation sites is 2. The van der Waals surface area contributed by atoms with Crippen LogP contribution in [0.3, 0.4) is 0 Å². The Bertz CT molecular complexity index is 2720. The number of hydrogen-bond acceptors (Lipinski definition) is 4. The molecule has 0 saturated carbocycles. The first-order chi connectivity index (χ1) is 24.8. The minimum atomic E-state index is -0.232. The number of rotatable bonds is 5. The van der Waals surface area contributed by atoms with Gasteiger partial charge in [-0.2, -0.15) is 0 Å². The average Bonchev–Trinajstić information content (AvgIpc) is 3.73. The summed E-state index contributed by atoms with van der Waals surface area (Å²) >= 11 is 0. The summed E-state index contributed by atoms with van der Waals surface area (Å²) in [6, 6.07) is 59.2. The molecule has 0 aliphatic carbocycles. The number of fused-ring (bicyclic) bond motifs is 6. The molecule has 0 fully saturated rings. The van der Waals surface area contributed by atoms with Crippen molar-refractivity contribution in [2.24, 2.45) is 9.98 Å². The van der Waals surface area contributed by atoms with Gasteiger partial charge in [-0.25, -0.2) is 9.98 Å². The van der Waals surface area contributed by atoms with Crippen LogP contribution in [0.2, 0.25) is 0 Å². The molecule has 0 saturated heterocycles. The molecule has 1 unspecified atom stereocenters. The quantitative estimate of drug-likeness (QED) is 0.203. The molecular formula is C45H30N4O. The van der Waals surface area contributed by atoms with Gasteiger partial charge in [-0.15, -0.1) is 0 Å². The van der Waals surface area contributed by atoms with Gasteiger partial charge in [-0.3, -0.25) is 0 Å². The summed E-state index contributed by atoms with van der Waals surface area (Å²) in [6.45, 7) is 0. The van der Waals surface area contributed by atoms with E-state index in [1.54, 1.807) is 0 Å². The Balaban J connectivity index is 0.994. The highest BCUT2D eigenvalue weighted by Crippen LogP contribution is 2.37. The SMILES string of the molecule is c1ccc(C2=NC(c3ccccc3)NC(c3ccc(-c4ccc5c(c4)oc4ccc(-n6c7ccccc7c7ccccc76)cc45)cc3)=N2)cc1. The van der Waals surface area contributed by atoms with E-state index in [0.29, 0.717) is 5.84 Å². The highest BCUT2D eigenvalue weighted by Gasteiger charge is 2.21. The van der Waals surface area contributed by atoms with Gasteiger partial charge in [0, 0.05) is 38.4 Å². The van der Waals surface area contributed by atoms with Gasteiger partial charge in [0.05, 0.1) is 11.0 Å². The van der Waals surface area contributed by atoms with Crippen LogP contribution in [0, 0.1) is 0 Å². The number of nitrogens with zero attached hydrogens (tertiary/aromatic N) is 3. The number of hydrogen-bond donors (Lipinski definition) is 1. The molecule has 5 nitrogen and oxygen atoms in total. The second-order valence-corrected chi connectivity index (χ2v) is 12.7. The van der Waals surface area contributed by atoms with Gasteiger partial charge in [0.25, 0.3) is 0 Å². The Labute approximate surface area is 288 Å². The van der Waals surface area contributed by atoms with Crippen molar-refractivity contribution in [2.75, 3.05) is 0 Å². The van der Waals surface area contributed by atoms with E-state index in [0.717, 1.165) is 61.3 Å². The number of aliphatic imine (C=N–C) groups is 2. The maximum Gasteiger partial charge on any atom is 0.159 e. The summed E-state index contributed by atoms with van der Waals surface area (Å²) in [6.07, 6.45) is -0.232. The Morgan fingerprint density at radius 3 is 1.86 bits per heavy atom. The number of aromatic nitrogens is 1. The molecule has 9 aromatic rings. The molecule has 50 heavy (non-hydrogen) atoms. The minimum absolute atomic E-state index is 0.232. The lowest BCUT2D eigenvalue weighted by Gasteiger charge is -2.23. The first-order valence-corrected chi connectivity index (χ1v) is 16.9. The summed E-state index contributed by atoms with van der Waals surface area (Å²) in [4.78, 5) is 9.93. The van der Waals surface area contributed by atoms with Crippen molar-refractivity contribution < 1.29 is 4.42 Å². The fourth-order valence-electron chi connectivity index (χ4n) is 7.22. The van der Waals surface area contributed by atoms with E-state index in [4.69, 9.17) is 14.4 Å². The lowest BCUT2D eigenvalue weighted by molar-refractivity contribution is 0.669. The van der Waals surface area contributed by atoms with Crippen LogP contribution in [0.15, 0.2) is 184 Å². The second kappa shape index (κ2) is 11.5. The molecular weight excluding hydrogens is 613 g/mol. The third-order valence-electron chi connectivity index (χ3n) is 9.67. The van der Waals surface area contributed by atoms with Crippen LogP contribution in [0.4, 0.5) is 0 Å². The third kappa shape index (κ3) is 4.71. The molecule has 3 heterocycles. The highest BCUT2D eigenvalue weighted by atomic mass is 16.3. The minimum Gasteiger partial charge on any atom is -0.456 e. The van der Waals surface area contributed by atoms with Gasteiger partial charge in [0.2, 0.25) is 0 Å². The predicted octanol–water partition coefficient (Wildman–Crippen LogP) is 10.8. The molecule has 1 aliphatic heterocycles. The van der Waals surface area contributed by atoms with Crippen molar-refractivity contribution >= 4 is 55.4 Å². The lowest BCUT2D eigenvalue weighted by Crippen LogP contribution is -2.33. The number of nitrogens with one attached hydrogen (secondary N) is 1. The molecule has 0 amide bonds. The van der Waals surface area contributed by atoms with Crippen LogP contribution < -0.4 is 5.32 Å². The van der Waals surface area contributed by atoms with Crippen molar-refractivity contribution in [1.82, 2.24) is 9.88 Å². The highest BCUT2D eigenvalue weighted by molar-refractivity contribution is 6.13. The van der Waals surface area contributed by atoms with Gasteiger partial charge in [-0.05, 0) is 59.2 Å². The van der Waals surface area contributed by atoms with E-state index in [-0.39, 0.29) is 6.17 Å². The zero-order valence-corrected chi connectivity index (χ0v) is 27.0. The molecule has 10 rings (SSSR count). The van der Waals surface area contributed by atoms with E-state index in [9.17, 15) is 0 Å². The van der Waals surface area contributed by atoms with E-state index in [1.165, 1.54) is 21.8 Å². The Morgan fingerprint density at radius 2 is 1.12 bits per heavy atom. The molecule has 0 bridgehead atoms. The van der Waals surface area contributed by atoms with Gasteiger partial charge < -0.3 is 14.3 Å². The van der Waals surface area contributed by atoms with E-state index in [1.807, 2.05) is 36.4 Å². The van der Waals surface area contributed by atoms with E-state index < -0.39 is 0 Å². The van der Waals surface area contributed by atoms with Crippen LogP contribution >= 0.6 is 0 Å². The first-order valence-electron chi connectivity index (χ1n) is 16.9. The largest absolute Gasteiger partial charge is 0.456 e. The summed E-state index contributed by atoms with van der Waals surface area (Å²) in [7, 11) is 0. The van der Waals surface area contributed by atoms with Crippen molar-refractivity contribution in [2.45, 2.75) is 6.17 Å². The Kier molecular flexibility index (Phi) is 6.49. The van der Waals surface area contributed by atoms with Gasteiger partial charge in [0.15, 0.2) is 5.84 Å². The Morgan fingerprint density at radius 1 is 0.480 bits per heavy atom. The van der Waals surface area contributed by atoms with Crippen LogP contribution in [0.5, 0.6) is 0 Å². The molecule has 1 atom stereocenters. The fourth-order valence-corrected chi connectivity index (χ4v) is 7.22. The topological polar surface area (TPSA) is 54.8 Å². The molecule has 236 valence electrons. The molecule has 0 radical (unpaired) electrons. The normalized spacial score (nSPS) is 14.6. The molecule has 1 N–H and O–H groups in total. The molecule has 1 aliphatic rings.